The number of benzene rings is 16. The van der Waals surface area contributed by atoms with Crippen LogP contribution in [0.2, 0.25) is 0 Å². The van der Waals surface area contributed by atoms with Crippen LogP contribution in [0.1, 0.15) is 99.9 Å². The van der Waals surface area contributed by atoms with Gasteiger partial charge in [0.05, 0.1) is 0 Å². The third-order valence-electron chi connectivity index (χ3n) is 25.5. The predicted molar refractivity (Wildman–Crippen MR) is 492 cm³/mol. The lowest BCUT2D eigenvalue weighted by atomic mass is 9.74. The van der Waals surface area contributed by atoms with E-state index in [9.17, 15) is 0 Å². The summed E-state index contributed by atoms with van der Waals surface area (Å²) in [6.45, 7) is 19.0. The third-order valence-corrected chi connectivity index (χ3v) is 25.5. The van der Waals surface area contributed by atoms with Gasteiger partial charge in [0, 0.05) is 134 Å². The van der Waals surface area contributed by atoms with E-state index < -0.39 is 0 Å². The molecule has 0 bridgehead atoms. The summed E-state index contributed by atoms with van der Waals surface area (Å²) in [6.07, 6.45) is 0. The summed E-state index contributed by atoms with van der Waals surface area (Å²) in [5.74, 6) is 4.02. The minimum atomic E-state index is -0.296. The molecule has 4 aliphatic rings. The molecule has 568 valence electrons. The Bertz CT molecular complexity index is 6490. The van der Waals surface area contributed by atoms with Gasteiger partial charge in [-0.05, 0) is 236 Å². The van der Waals surface area contributed by atoms with E-state index in [-0.39, 0.29) is 21.7 Å². The molecule has 18 aromatic rings. The molecule has 16 aromatic carbocycles. The fourth-order valence-electron chi connectivity index (χ4n) is 19.7. The molecule has 0 N–H and O–H groups in total. The lowest BCUT2D eigenvalue weighted by molar-refractivity contribution is 0.592. The fourth-order valence-corrected chi connectivity index (χ4v) is 19.7. The first kappa shape index (κ1) is 71.6. The molecule has 0 atom stereocenters. The normalized spacial score (nSPS) is 14.0. The van der Waals surface area contributed by atoms with E-state index >= 15 is 0 Å². The monoisotopic (exact) mass is 1520 g/mol. The molecule has 22 rings (SSSR count). The molecule has 0 fully saturated rings. The molecule has 0 saturated carbocycles. The molecule has 0 spiro atoms. The molecule has 0 radical (unpaired) electrons. The maximum atomic E-state index is 7.12. The topological polar surface area (TPSA) is 39.2 Å². The summed E-state index contributed by atoms with van der Waals surface area (Å²) in [6, 6.07) is 140. The van der Waals surface area contributed by atoms with Crippen LogP contribution in [0.4, 0.5) is 68.2 Å². The highest BCUT2D eigenvalue weighted by molar-refractivity contribution is 5.97. The first-order valence-electron chi connectivity index (χ1n) is 41.2. The van der Waals surface area contributed by atoms with Gasteiger partial charge in [-0.25, -0.2) is 0 Å². The standard InChI is InChI=1S/C58H46N2O.C54H42N2O/c1-57(2)51-37-47(59(43-21-13-7-14-22-43)45-29-25-41(26-30-45)39-17-9-5-10-18-39)33-35-49(51)55-53(57)54-56(61-55)50-36-34-48(38-52(50)58(54,3)4)60(44-23-15-8-16-24-44)46-31-27-42(28-32-46)40-19-11-6-12-20-40;1-53(2)47-33-43(55(39-19-7-5-8-20-39)41-25-23-35-15-11-13-17-37(35)31-41)27-29-45(47)51-49(53)50-52(57-51)46-30-28-44(34-48(46)54(50,3)4)56(40-21-9-6-10-22-40)42-26-24-36-16-12-14-18-38(36)32-42/h5-38H,1-4H3;5-34H,1-4H3. The molecule has 2 aromatic heterocycles. The van der Waals surface area contributed by atoms with Gasteiger partial charge in [0.15, 0.2) is 0 Å². The number of rotatable bonds is 14. The number of fused-ring (bicyclic) bond motifs is 16. The Balaban J connectivity index is 0.000000147. The van der Waals surface area contributed by atoms with Crippen molar-refractivity contribution >= 4 is 89.8 Å². The van der Waals surface area contributed by atoms with Gasteiger partial charge in [-0.2, -0.15) is 0 Å². The van der Waals surface area contributed by atoms with Crippen molar-refractivity contribution in [2.24, 2.45) is 0 Å². The van der Waals surface area contributed by atoms with Crippen molar-refractivity contribution in [1.29, 1.82) is 0 Å². The van der Waals surface area contributed by atoms with Gasteiger partial charge in [0.1, 0.15) is 23.0 Å². The largest absolute Gasteiger partial charge is 0.455 e. The summed E-state index contributed by atoms with van der Waals surface area (Å²) in [7, 11) is 0. The van der Waals surface area contributed by atoms with Crippen molar-refractivity contribution in [1.82, 2.24) is 0 Å². The second-order valence-corrected chi connectivity index (χ2v) is 34.0. The smallest absolute Gasteiger partial charge is 0.139 e. The second kappa shape index (κ2) is 27.8. The lowest BCUT2D eigenvalue weighted by Crippen LogP contribution is -2.23. The zero-order valence-electron chi connectivity index (χ0n) is 67.6. The Kier molecular flexibility index (Phi) is 16.9. The highest BCUT2D eigenvalue weighted by Crippen LogP contribution is 2.65. The predicted octanol–water partition coefficient (Wildman–Crippen LogP) is 31.3. The number of para-hydroxylation sites is 4. The molecule has 2 heterocycles. The van der Waals surface area contributed by atoms with Gasteiger partial charge in [-0.3, -0.25) is 0 Å². The van der Waals surface area contributed by atoms with Crippen LogP contribution >= 0.6 is 0 Å². The molecular formula is C112H88N4O2. The van der Waals surface area contributed by atoms with Gasteiger partial charge >= 0.3 is 0 Å². The second-order valence-electron chi connectivity index (χ2n) is 34.0. The molecule has 0 amide bonds. The number of anilines is 12. The van der Waals surface area contributed by atoms with E-state index in [1.165, 1.54) is 111 Å². The maximum Gasteiger partial charge on any atom is 0.139 e. The Hall–Kier alpha value is -14.2. The Morgan fingerprint density at radius 1 is 0.169 bits per heavy atom. The van der Waals surface area contributed by atoms with Crippen LogP contribution in [-0.4, -0.2) is 0 Å². The fraction of sp³-hybridized carbons (Fsp3) is 0.107. The molecule has 6 heteroatoms. The molecule has 6 nitrogen and oxygen atoms in total. The van der Waals surface area contributed by atoms with E-state index in [4.69, 9.17) is 8.83 Å². The number of furan rings is 2. The van der Waals surface area contributed by atoms with Crippen molar-refractivity contribution in [2.45, 2.75) is 77.0 Å². The van der Waals surface area contributed by atoms with Gasteiger partial charge in [0.25, 0.3) is 0 Å². The summed E-state index contributed by atoms with van der Waals surface area (Å²) in [5.41, 5.74) is 32.2. The van der Waals surface area contributed by atoms with E-state index in [0.29, 0.717) is 0 Å². The molecule has 0 unspecified atom stereocenters. The Morgan fingerprint density at radius 2 is 0.364 bits per heavy atom. The maximum absolute atomic E-state index is 7.12. The van der Waals surface area contributed by atoms with Crippen LogP contribution in [0.25, 0.3) is 89.1 Å². The Morgan fingerprint density at radius 3 is 0.636 bits per heavy atom. The summed E-state index contributed by atoms with van der Waals surface area (Å²) in [4.78, 5) is 9.49. The van der Waals surface area contributed by atoms with Crippen molar-refractivity contribution < 1.29 is 8.83 Å². The van der Waals surface area contributed by atoms with E-state index in [1.807, 2.05) is 0 Å². The van der Waals surface area contributed by atoms with Gasteiger partial charge in [-0.1, -0.05) is 274 Å². The first-order valence-corrected chi connectivity index (χ1v) is 41.2. The average molecular weight is 1520 g/mol. The van der Waals surface area contributed by atoms with Crippen molar-refractivity contribution in [3.05, 3.63) is 433 Å². The number of nitrogens with zero attached hydrogens (tertiary/aromatic N) is 4. The van der Waals surface area contributed by atoms with Crippen LogP contribution in [0.3, 0.4) is 0 Å². The number of hydrogen-bond acceptors (Lipinski definition) is 6. The van der Waals surface area contributed by atoms with Crippen molar-refractivity contribution in [3.8, 4) is 67.5 Å². The van der Waals surface area contributed by atoms with Crippen LogP contribution in [0, 0.1) is 0 Å². The average Bonchev–Trinajstić information content (AvgIpc) is 1.52. The van der Waals surface area contributed by atoms with Gasteiger partial charge in [0.2, 0.25) is 0 Å². The minimum Gasteiger partial charge on any atom is -0.455 e. The van der Waals surface area contributed by atoms with E-state index in [0.717, 1.165) is 91.3 Å². The van der Waals surface area contributed by atoms with E-state index in [2.05, 4.69) is 463 Å². The zero-order chi connectivity index (χ0) is 79.8. The van der Waals surface area contributed by atoms with Crippen molar-refractivity contribution in [3.63, 3.8) is 0 Å². The van der Waals surface area contributed by atoms with Crippen LogP contribution in [0.5, 0.6) is 0 Å². The third kappa shape index (κ3) is 11.7. The first-order chi connectivity index (χ1) is 57.5. The molecule has 4 aliphatic carbocycles. The highest BCUT2D eigenvalue weighted by atomic mass is 16.3. The van der Waals surface area contributed by atoms with Crippen LogP contribution in [-0.2, 0) is 21.7 Å². The van der Waals surface area contributed by atoms with Gasteiger partial charge < -0.3 is 28.4 Å². The van der Waals surface area contributed by atoms with Crippen LogP contribution < -0.4 is 19.6 Å². The molecule has 0 aliphatic heterocycles. The Labute approximate surface area is 691 Å². The van der Waals surface area contributed by atoms with Crippen LogP contribution in [0.15, 0.2) is 397 Å². The summed E-state index contributed by atoms with van der Waals surface area (Å²) >= 11 is 0. The number of hydrogen-bond donors (Lipinski definition) is 0. The summed E-state index contributed by atoms with van der Waals surface area (Å²) < 4.78 is 14.2. The van der Waals surface area contributed by atoms with E-state index in [1.54, 1.807) is 0 Å². The molecular weight excluding hydrogens is 1430 g/mol. The zero-order valence-corrected chi connectivity index (χ0v) is 67.6. The highest BCUT2D eigenvalue weighted by Gasteiger charge is 2.52. The molecule has 118 heavy (non-hydrogen) atoms. The van der Waals surface area contributed by atoms with Crippen molar-refractivity contribution in [2.75, 3.05) is 19.6 Å². The summed E-state index contributed by atoms with van der Waals surface area (Å²) in [5, 5.41) is 4.92. The van der Waals surface area contributed by atoms with Gasteiger partial charge in [-0.15, -0.1) is 0 Å². The molecule has 0 saturated heterocycles. The lowest BCUT2D eigenvalue weighted by Gasteiger charge is -2.30. The quantitative estimate of drug-likeness (QED) is 0.108. The SMILES string of the molecule is CC1(C)c2cc(N(c3ccccc3)c3ccc(-c4ccccc4)cc3)ccc2-c2oc3c(c21)C(C)(C)c1cc(N(c2ccccc2)c2ccc(-c4ccccc4)cc2)ccc1-3.CC1(C)c2cc(N(c3ccccc3)c3ccc4ccccc4c3)ccc2-c2oc3c(c21)C(C)(C)c1cc(N(c2ccccc2)c2ccc4ccccc4c2)ccc1-3. The minimum absolute atomic E-state index is 0.285.